The number of benzene rings is 1. The standard InChI is InChI=1S/C22H29N3O3/c1-3-18-6-4-5-14-25(18)21-16-17(11-12-23-21)22(26)24-13-15-28-20-9-7-19(27-2)8-10-20/h7-12,16,18H,3-6,13-15H2,1-2H3,(H,24,26). The summed E-state index contributed by atoms with van der Waals surface area (Å²) in [5.74, 6) is 2.32. The average Bonchev–Trinajstić information content (AvgIpc) is 2.77. The van der Waals surface area contributed by atoms with Crippen LogP contribution in [0, 0.1) is 0 Å². The fraction of sp³-hybridized carbons (Fsp3) is 0.455. The highest BCUT2D eigenvalue weighted by Crippen LogP contribution is 2.25. The molecule has 6 heteroatoms. The first kappa shape index (κ1) is 20.0. The fourth-order valence-corrected chi connectivity index (χ4v) is 3.55. The van der Waals surface area contributed by atoms with Crippen molar-refractivity contribution in [1.29, 1.82) is 0 Å². The minimum Gasteiger partial charge on any atom is -0.497 e. The largest absolute Gasteiger partial charge is 0.497 e. The maximum Gasteiger partial charge on any atom is 0.251 e. The van der Waals surface area contributed by atoms with Gasteiger partial charge in [-0.1, -0.05) is 6.92 Å². The summed E-state index contributed by atoms with van der Waals surface area (Å²) in [4.78, 5) is 19.3. The van der Waals surface area contributed by atoms with Gasteiger partial charge in [0.2, 0.25) is 0 Å². The molecule has 0 aliphatic carbocycles. The van der Waals surface area contributed by atoms with Crippen molar-refractivity contribution < 1.29 is 14.3 Å². The van der Waals surface area contributed by atoms with E-state index in [1.165, 1.54) is 19.3 Å². The number of amides is 1. The number of rotatable bonds is 8. The van der Waals surface area contributed by atoms with E-state index >= 15 is 0 Å². The molecule has 1 aliphatic heterocycles. The normalized spacial score (nSPS) is 16.5. The molecule has 1 aromatic carbocycles. The second-order valence-corrected chi connectivity index (χ2v) is 6.93. The number of nitrogens with zero attached hydrogens (tertiary/aromatic N) is 2. The predicted molar refractivity (Wildman–Crippen MR) is 110 cm³/mol. The average molecular weight is 383 g/mol. The van der Waals surface area contributed by atoms with Gasteiger partial charge in [-0.2, -0.15) is 0 Å². The lowest BCUT2D eigenvalue weighted by Gasteiger charge is -2.36. The number of anilines is 1. The molecule has 1 fully saturated rings. The Balaban J connectivity index is 1.51. The van der Waals surface area contributed by atoms with Crippen molar-refractivity contribution in [2.75, 3.05) is 31.7 Å². The van der Waals surface area contributed by atoms with E-state index in [0.29, 0.717) is 24.8 Å². The van der Waals surface area contributed by atoms with Gasteiger partial charge < -0.3 is 19.7 Å². The van der Waals surface area contributed by atoms with Gasteiger partial charge in [0.1, 0.15) is 23.9 Å². The Morgan fingerprint density at radius 2 is 2.00 bits per heavy atom. The Morgan fingerprint density at radius 1 is 1.21 bits per heavy atom. The van der Waals surface area contributed by atoms with Gasteiger partial charge in [-0.25, -0.2) is 4.98 Å². The molecule has 28 heavy (non-hydrogen) atoms. The van der Waals surface area contributed by atoms with Gasteiger partial charge in [-0.15, -0.1) is 0 Å². The SMILES string of the molecule is CCC1CCCCN1c1cc(C(=O)NCCOc2ccc(OC)cc2)ccn1. The smallest absolute Gasteiger partial charge is 0.251 e. The summed E-state index contributed by atoms with van der Waals surface area (Å²) in [6.45, 7) is 4.05. The first-order valence-electron chi connectivity index (χ1n) is 9.99. The summed E-state index contributed by atoms with van der Waals surface area (Å²) in [5, 5.41) is 2.91. The lowest BCUT2D eigenvalue weighted by Crippen LogP contribution is -2.39. The zero-order chi connectivity index (χ0) is 19.8. The summed E-state index contributed by atoms with van der Waals surface area (Å²) in [7, 11) is 1.63. The Bertz CT molecular complexity index is 764. The van der Waals surface area contributed by atoms with Crippen LogP contribution < -0.4 is 19.7 Å². The number of hydrogen-bond donors (Lipinski definition) is 1. The molecule has 1 N–H and O–H groups in total. The molecule has 6 nitrogen and oxygen atoms in total. The third-order valence-electron chi connectivity index (χ3n) is 5.12. The van der Waals surface area contributed by atoms with Crippen LogP contribution in [0.3, 0.4) is 0 Å². The second kappa shape index (κ2) is 9.97. The van der Waals surface area contributed by atoms with Crippen molar-refractivity contribution in [3.63, 3.8) is 0 Å². The molecule has 0 bridgehead atoms. The first-order valence-corrected chi connectivity index (χ1v) is 9.99. The summed E-state index contributed by atoms with van der Waals surface area (Å²) in [6.07, 6.45) is 6.46. The molecule has 1 aliphatic rings. The summed E-state index contributed by atoms with van der Waals surface area (Å²) >= 11 is 0. The van der Waals surface area contributed by atoms with E-state index in [1.54, 1.807) is 19.4 Å². The number of aromatic nitrogens is 1. The lowest BCUT2D eigenvalue weighted by molar-refractivity contribution is 0.0947. The van der Waals surface area contributed by atoms with E-state index in [9.17, 15) is 4.79 Å². The molecule has 3 rings (SSSR count). The Morgan fingerprint density at radius 3 is 2.75 bits per heavy atom. The highest BCUT2D eigenvalue weighted by molar-refractivity contribution is 5.94. The zero-order valence-electron chi connectivity index (χ0n) is 16.7. The molecule has 2 aromatic rings. The van der Waals surface area contributed by atoms with Crippen LogP contribution in [0.1, 0.15) is 43.0 Å². The maximum atomic E-state index is 12.5. The Labute approximate surface area is 166 Å². The van der Waals surface area contributed by atoms with Crippen molar-refractivity contribution in [3.8, 4) is 11.5 Å². The molecule has 150 valence electrons. The number of ether oxygens (including phenoxy) is 2. The Kier molecular flexibility index (Phi) is 7.12. The number of nitrogens with one attached hydrogen (secondary N) is 1. The van der Waals surface area contributed by atoms with Gasteiger partial charge in [0.15, 0.2) is 0 Å². The molecule has 0 saturated carbocycles. The molecule has 1 aromatic heterocycles. The second-order valence-electron chi connectivity index (χ2n) is 6.93. The minimum absolute atomic E-state index is 0.105. The third kappa shape index (κ3) is 5.15. The van der Waals surface area contributed by atoms with Crippen LogP contribution in [-0.4, -0.2) is 43.7 Å². The van der Waals surface area contributed by atoms with Gasteiger partial charge in [-0.05, 0) is 62.1 Å². The number of carbonyl (C=O) groups excluding carboxylic acids is 1. The third-order valence-corrected chi connectivity index (χ3v) is 5.12. The van der Waals surface area contributed by atoms with Gasteiger partial charge >= 0.3 is 0 Å². The molecular formula is C22H29N3O3. The molecule has 1 saturated heterocycles. The van der Waals surface area contributed by atoms with Gasteiger partial charge in [0, 0.05) is 24.3 Å². The quantitative estimate of drug-likeness (QED) is 0.705. The summed E-state index contributed by atoms with van der Waals surface area (Å²) in [6, 6.07) is 11.5. The molecule has 1 atom stereocenters. The lowest BCUT2D eigenvalue weighted by atomic mass is 10.00. The molecule has 1 unspecified atom stereocenters. The van der Waals surface area contributed by atoms with E-state index in [0.717, 1.165) is 30.3 Å². The molecular weight excluding hydrogens is 354 g/mol. The highest BCUT2D eigenvalue weighted by atomic mass is 16.5. The van der Waals surface area contributed by atoms with Crippen molar-refractivity contribution in [2.45, 2.75) is 38.6 Å². The van der Waals surface area contributed by atoms with E-state index in [4.69, 9.17) is 9.47 Å². The van der Waals surface area contributed by atoms with Crippen molar-refractivity contribution in [3.05, 3.63) is 48.2 Å². The van der Waals surface area contributed by atoms with Gasteiger partial charge in [-0.3, -0.25) is 4.79 Å². The molecule has 1 amide bonds. The first-order chi connectivity index (χ1) is 13.7. The molecule has 0 spiro atoms. The van der Waals surface area contributed by atoms with Crippen LogP contribution in [0.15, 0.2) is 42.6 Å². The number of pyridine rings is 1. The van der Waals surface area contributed by atoms with E-state index in [-0.39, 0.29) is 5.91 Å². The zero-order valence-corrected chi connectivity index (χ0v) is 16.7. The van der Waals surface area contributed by atoms with Crippen LogP contribution >= 0.6 is 0 Å². The van der Waals surface area contributed by atoms with E-state index in [2.05, 4.69) is 22.1 Å². The van der Waals surface area contributed by atoms with E-state index in [1.807, 2.05) is 30.3 Å². The fourth-order valence-electron chi connectivity index (χ4n) is 3.55. The topological polar surface area (TPSA) is 63.7 Å². The molecule has 0 radical (unpaired) electrons. The summed E-state index contributed by atoms with van der Waals surface area (Å²) in [5.41, 5.74) is 0.634. The van der Waals surface area contributed by atoms with Crippen LogP contribution in [-0.2, 0) is 0 Å². The number of carbonyl (C=O) groups is 1. The van der Waals surface area contributed by atoms with Crippen molar-refractivity contribution in [2.24, 2.45) is 0 Å². The minimum atomic E-state index is -0.105. The van der Waals surface area contributed by atoms with Gasteiger partial charge in [0.25, 0.3) is 5.91 Å². The van der Waals surface area contributed by atoms with Crippen LogP contribution in [0.2, 0.25) is 0 Å². The number of hydrogen-bond acceptors (Lipinski definition) is 5. The van der Waals surface area contributed by atoms with Crippen molar-refractivity contribution >= 4 is 11.7 Å². The predicted octanol–water partition coefficient (Wildman–Crippen LogP) is 3.67. The van der Waals surface area contributed by atoms with Crippen LogP contribution in [0.4, 0.5) is 5.82 Å². The highest BCUT2D eigenvalue weighted by Gasteiger charge is 2.22. The van der Waals surface area contributed by atoms with Crippen molar-refractivity contribution in [1.82, 2.24) is 10.3 Å². The van der Waals surface area contributed by atoms with Gasteiger partial charge in [0.05, 0.1) is 13.7 Å². The van der Waals surface area contributed by atoms with Crippen LogP contribution in [0.25, 0.3) is 0 Å². The Hall–Kier alpha value is -2.76. The van der Waals surface area contributed by atoms with Crippen LogP contribution in [0.5, 0.6) is 11.5 Å². The van der Waals surface area contributed by atoms with E-state index < -0.39 is 0 Å². The number of methoxy groups -OCH3 is 1. The maximum absolute atomic E-state index is 12.5. The number of piperidine rings is 1. The molecule has 2 heterocycles. The monoisotopic (exact) mass is 383 g/mol. The summed E-state index contributed by atoms with van der Waals surface area (Å²) < 4.78 is 10.8.